The van der Waals surface area contributed by atoms with E-state index in [0.29, 0.717) is 12.0 Å². The predicted molar refractivity (Wildman–Crippen MR) is 70.0 cm³/mol. The Kier molecular flexibility index (Phi) is 4.57. The van der Waals surface area contributed by atoms with E-state index in [1.54, 1.807) is 0 Å². The van der Waals surface area contributed by atoms with Crippen LogP contribution in [0.3, 0.4) is 0 Å². The van der Waals surface area contributed by atoms with Crippen LogP contribution in [0.4, 0.5) is 0 Å². The zero-order valence-corrected chi connectivity index (χ0v) is 11.0. The Hall–Kier alpha value is -0.860. The molecular formula is C15H24NO+. The van der Waals surface area contributed by atoms with Crippen LogP contribution < -0.4 is 5.32 Å². The van der Waals surface area contributed by atoms with E-state index in [9.17, 15) is 0 Å². The van der Waals surface area contributed by atoms with Crippen LogP contribution in [0.5, 0.6) is 0 Å². The number of rotatable bonds is 5. The molecular weight excluding hydrogens is 210 g/mol. The van der Waals surface area contributed by atoms with Gasteiger partial charge in [-0.2, -0.15) is 0 Å². The molecule has 1 atom stereocenters. The molecule has 2 N–H and O–H groups in total. The van der Waals surface area contributed by atoms with Crippen molar-refractivity contribution in [2.45, 2.75) is 45.3 Å². The summed E-state index contributed by atoms with van der Waals surface area (Å²) in [5.74, 6) is 0.625. The van der Waals surface area contributed by atoms with E-state index >= 15 is 0 Å². The van der Waals surface area contributed by atoms with E-state index < -0.39 is 0 Å². The standard InChI is InChI=1S/C15H23NO/c1-12(2)14-7-5-13(6-8-14)10-16-11-15-4-3-9-17-15/h5-8,12,15-16H,3-4,9-11H2,1-2H3/p+1/t15-/m0/s1. The Morgan fingerprint density at radius 2 is 2.06 bits per heavy atom. The maximum absolute atomic E-state index is 5.61. The number of hydrogen-bond acceptors (Lipinski definition) is 1. The molecule has 2 rings (SSSR count). The zero-order chi connectivity index (χ0) is 12.1. The van der Waals surface area contributed by atoms with Crippen LogP contribution in [0.15, 0.2) is 24.3 Å². The monoisotopic (exact) mass is 234 g/mol. The Labute approximate surface area is 104 Å². The number of ether oxygens (including phenoxy) is 1. The lowest BCUT2D eigenvalue weighted by Gasteiger charge is -2.09. The second-order valence-electron chi connectivity index (χ2n) is 5.26. The van der Waals surface area contributed by atoms with E-state index in [2.05, 4.69) is 43.4 Å². The maximum Gasteiger partial charge on any atom is 0.106 e. The molecule has 1 aromatic rings. The fourth-order valence-electron chi connectivity index (χ4n) is 2.30. The van der Waals surface area contributed by atoms with Gasteiger partial charge < -0.3 is 10.1 Å². The molecule has 0 aliphatic carbocycles. The summed E-state index contributed by atoms with van der Waals surface area (Å²) in [5.41, 5.74) is 2.83. The van der Waals surface area contributed by atoms with Crippen molar-refractivity contribution in [3.05, 3.63) is 35.4 Å². The molecule has 17 heavy (non-hydrogen) atoms. The van der Waals surface area contributed by atoms with Crippen molar-refractivity contribution < 1.29 is 10.1 Å². The highest BCUT2D eigenvalue weighted by molar-refractivity contribution is 5.23. The van der Waals surface area contributed by atoms with Crippen LogP contribution in [-0.4, -0.2) is 19.3 Å². The minimum absolute atomic E-state index is 0.491. The van der Waals surface area contributed by atoms with Crippen LogP contribution in [0.2, 0.25) is 0 Å². The van der Waals surface area contributed by atoms with Crippen molar-refractivity contribution in [1.82, 2.24) is 0 Å². The minimum Gasteiger partial charge on any atom is -0.372 e. The molecule has 0 unspecified atom stereocenters. The molecule has 0 amide bonds. The molecule has 0 spiro atoms. The molecule has 0 saturated carbocycles. The molecule has 94 valence electrons. The first-order valence-corrected chi connectivity index (χ1v) is 6.78. The Morgan fingerprint density at radius 1 is 1.29 bits per heavy atom. The van der Waals surface area contributed by atoms with E-state index in [1.165, 1.54) is 24.0 Å². The third kappa shape index (κ3) is 3.83. The van der Waals surface area contributed by atoms with Gasteiger partial charge in [0.15, 0.2) is 0 Å². The molecule has 2 nitrogen and oxygen atoms in total. The molecule has 1 aliphatic heterocycles. The normalized spacial score (nSPS) is 20.1. The molecule has 1 fully saturated rings. The maximum atomic E-state index is 5.61. The lowest BCUT2D eigenvalue weighted by atomic mass is 10.0. The van der Waals surface area contributed by atoms with Crippen LogP contribution in [0.1, 0.15) is 43.7 Å². The van der Waals surface area contributed by atoms with Gasteiger partial charge >= 0.3 is 0 Å². The molecule has 0 aromatic heterocycles. The van der Waals surface area contributed by atoms with E-state index in [1.807, 2.05) is 0 Å². The first-order chi connectivity index (χ1) is 8.25. The molecule has 0 bridgehead atoms. The minimum atomic E-state index is 0.491. The molecule has 0 radical (unpaired) electrons. The lowest BCUT2D eigenvalue weighted by Crippen LogP contribution is -2.84. The van der Waals surface area contributed by atoms with Gasteiger partial charge in [-0.05, 0) is 24.3 Å². The second-order valence-corrected chi connectivity index (χ2v) is 5.26. The van der Waals surface area contributed by atoms with Crippen molar-refractivity contribution in [2.75, 3.05) is 13.2 Å². The fraction of sp³-hybridized carbons (Fsp3) is 0.600. The van der Waals surface area contributed by atoms with Crippen LogP contribution in [0.25, 0.3) is 0 Å². The van der Waals surface area contributed by atoms with E-state index in [0.717, 1.165) is 19.7 Å². The Morgan fingerprint density at radius 3 is 2.65 bits per heavy atom. The van der Waals surface area contributed by atoms with Crippen molar-refractivity contribution in [3.8, 4) is 0 Å². The van der Waals surface area contributed by atoms with Crippen molar-refractivity contribution in [3.63, 3.8) is 0 Å². The third-order valence-electron chi connectivity index (χ3n) is 3.48. The van der Waals surface area contributed by atoms with E-state index in [-0.39, 0.29) is 0 Å². The van der Waals surface area contributed by atoms with Gasteiger partial charge in [0.1, 0.15) is 19.2 Å². The van der Waals surface area contributed by atoms with Gasteiger partial charge in [-0.1, -0.05) is 38.1 Å². The highest BCUT2D eigenvalue weighted by Crippen LogP contribution is 2.14. The first kappa shape index (κ1) is 12.6. The quantitative estimate of drug-likeness (QED) is 0.829. The topological polar surface area (TPSA) is 25.8 Å². The van der Waals surface area contributed by atoms with Gasteiger partial charge in [0, 0.05) is 12.2 Å². The van der Waals surface area contributed by atoms with Gasteiger partial charge in [-0.25, -0.2) is 0 Å². The average molecular weight is 234 g/mol. The van der Waals surface area contributed by atoms with Gasteiger partial charge in [0.25, 0.3) is 0 Å². The summed E-state index contributed by atoms with van der Waals surface area (Å²) >= 11 is 0. The van der Waals surface area contributed by atoms with E-state index in [4.69, 9.17) is 4.74 Å². The second kappa shape index (κ2) is 6.18. The first-order valence-electron chi connectivity index (χ1n) is 6.78. The van der Waals surface area contributed by atoms with Crippen LogP contribution in [0, 0.1) is 0 Å². The highest BCUT2D eigenvalue weighted by Gasteiger charge is 2.16. The average Bonchev–Trinajstić information content (AvgIpc) is 2.83. The largest absolute Gasteiger partial charge is 0.372 e. The molecule has 1 aromatic carbocycles. The van der Waals surface area contributed by atoms with Gasteiger partial charge in [-0.15, -0.1) is 0 Å². The van der Waals surface area contributed by atoms with Gasteiger partial charge in [-0.3, -0.25) is 0 Å². The summed E-state index contributed by atoms with van der Waals surface area (Å²) in [5, 5.41) is 2.36. The molecule has 1 saturated heterocycles. The van der Waals surface area contributed by atoms with Gasteiger partial charge in [0.05, 0.1) is 0 Å². The highest BCUT2D eigenvalue weighted by atomic mass is 16.5. The van der Waals surface area contributed by atoms with Crippen LogP contribution >= 0.6 is 0 Å². The summed E-state index contributed by atoms with van der Waals surface area (Å²) in [6.07, 6.45) is 2.97. The summed E-state index contributed by atoms with van der Waals surface area (Å²) in [6.45, 7) is 7.60. The number of benzene rings is 1. The summed E-state index contributed by atoms with van der Waals surface area (Å²) in [7, 11) is 0. The Balaban J connectivity index is 1.74. The zero-order valence-electron chi connectivity index (χ0n) is 11.0. The van der Waals surface area contributed by atoms with Gasteiger partial charge in [0.2, 0.25) is 0 Å². The Bertz CT molecular complexity index is 325. The molecule has 2 heteroatoms. The third-order valence-corrected chi connectivity index (χ3v) is 3.48. The van der Waals surface area contributed by atoms with Crippen LogP contribution in [-0.2, 0) is 11.3 Å². The molecule has 1 aliphatic rings. The fourth-order valence-corrected chi connectivity index (χ4v) is 2.30. The lowest BCUT2D eigenvalue weighted by molar-refractivity contribution is -0.676. The summed E-state index contributed by atoms with van der Waals surface area (Å²) in [6, 6.07) is 9.00. The van der Waals surface area contributed by atoms with Crippen molar-refractivity contribution in [1.29, 1.82) is 0 Å². The van der Waals surface area contributed by atoms with Crippen molar-refractivity contribution >= 4 is 0 Å². The predicted octanol–water partition coefficient (Wildman–Crippen LogP) is 2.05. The number of quaternary nitrogens is 1. The smallest absolute Gasteiger partial charge is 0.106 e. The summed E-state index contributed by atoms with van der Waals surface area (Å²) < 4.78 is 5.61. The van der Waals surface area contributed by atoms with Crippen molar-refractivity contribution in [2.24, 2.45) is 0 Å². The summed E-state index contributed by atoms with van der Waals surface area (Å²) in [4.78, 5) is 0. The number of nitrogens with two attached hydrogens (primary N) is 1. The molecule has 1 heterocycles. The number of hydrogen-bond donors (Lipinski definition) is 1. The SMILES string of the molecule is CC(C)c1ccc(C[NH2+]C[C@@H]2CCCO2)cc1.